The second-order valence-electron chi connectivity index (χ2n) is 5.28. The monoisotopic (exact) mass is 275 g/mol. The van der Waals surface area contributed by atoms with Crippen LogP contribution in [-0.2, 0) is 0 Å². The first-order valence-electron chi connectivity index (χ1n) is 5.59. The van der Waals surface area contributed by atoms with Crippen LogP contribution in [0.1, 0.15) is 38.1 Å². The van der Waals surface area contributed by atoms with Gasteiger partial charge in [0.05, 0.1) is 5.56 Å². The molecule has 0 fully saturated rings. The molecule has 0 saturated carbocycles. The van der Waals surface area contributed by atoms with Gasteiger partial charge < -0.3 is 5.32 Å². The van der Waals surface area contributed by atoms with E-state index in [0.717, 1.165) is 12.1 Å². The highest BCUT2D eigenvalue weighted by Gasteiger charge is 2.24. The number of rotatable bonds is 2. The summed E-state index contributed by atoms with van der Waals surface area (Å²) in [4.78, 5) is 11.9. The molecule has 1 amide bonds. The van der Waals surface area contributed by atoms with Crippen LogP contribution in [0.25, 0.3) is 0 Å². The normalized spacial score (nSPS) is 13.3. The van der Waals surface area contributed by atoms with Crippen LogP contribution in [0.5, 0.6) is 0 Å². The standard InChI is InChI=1S/C13H16ClF2NO/c1-7(13(2,3)4)17-12(18)8-5-6-9(15)10(14)11(8)16/h5-7H,1-4H3,(H,17,18)/t7-/m0/s1. The Morgan fingerprint density at radius 2 is 1.89 bits per heavy atom. The molecule has 0 bridgehead atoms. The molecule has 0 spiro atoms. The molecule has 0 saturated heterocycles. The quantitative estimate of drug-likeness (QED) is 0.818. The number of hydrogen-bond donors (Lipinski definition) is 1. The van der Waals surface area contributed by atoms with Crippen LogP contribution in [-0.4, -0.2) is 11.9 Å². The Morgan fingerprint density at radius 3 is 2.39 bits per heavy atom. The van der Waals surface area contributed by atoms with Crippen LogP contribution < -0.4 is 5.32 Å². The molecule has 1 rings (SSSR count). The maximum atomic E-state index is 13.6. The van der Waals surface area contributed by atoms with Crippen LogP contribution in [0, 0.1) is 17.0 Å². The first-order valence-corrected chi connectivity index (χ1v) is 5.96. The maximum absolute atomic E-state index is 13.6. The average Bonchev–Trinajstić information content (AvgIpc) is 2.24. The van der Waals surface area contributed by atoms with Gasteiger partial charge in [0, 0.05) is 6.04 Å². The zero-order chi connectivity index (χ0) is 14.1. The van der Waals surface area contributed by atoms with Gasteiger partial charge in [-0.15, -0.1) is 0 Å². The molecule has 1 aromatic carbocycles. The van der Waals surface area contributed by atoms with E-state index in [1.165, 1.54) is 0 Å². The van der Waals surface area contributed by atoms with Gasteiger partial charge in [-0.1, -0.05) is 32.4 Å². The number of carbonyl (C=O) groups is 1. The molecule has 1 aromatic rings. The fraction of sp³-hybridized carbons (Fsp3) is 0.462. The summed E-state index contributed by atoms with van der Waals surface area (Å²) in [6.07, 6.45) is 0. The number of amides is 1. The second kappa shape index (κ2) is 5.22. The van der Waals surface area contributed by atoms with E-state index in [0.29, 0.717) is 0 Å². The number of halogens is 3. The summed E-state index contributed by atoms with van der Waals surface area (Å²) in [5.41, 5.74) is -0.409. The third-order valence-corrected chi connectivity index (χ3v) is 3.27. The molecule has 2 nitrogen and oxygen atoms in total. The van der Waals surface area contributed by atoms with Crippen molar-refractivity contribution in [3.8, 4) is 0 Å². The third kappa shape index (κ3) is 3.19. The highest BCUT2D eigenvalue weighted by Crippen LogP contribution is 2.23. The largest absolute Gasteiger partial charge is 0.349 e. The van der Waals surface area contributed by atoms with Crippen LogP contribution in [0.4, 0.5) is 8.78 Å². The van der Waals surface area contributed by atoms with Gasteiger partial charge >= 0.3 is 0 Å². The van der Waals surface area contributed by atoms with Gasteiger partial charge in [0.15, 0.2) is 5.82 Å². The summed E-state index contributed by atoms with van der Waals surface area (Å²) in [6.45, 7) is 7.67. The Labute approximate surface area is 110 Å². The summed E-state index contributed by atoms with van der Waals surface area (Å²) >= 11 is 5.42. The van der Waals surface area contributed by atoms with Gasteiger partial charge in [0.25, 0.3) is 5.91 Å². The summed E-state index contributed by atoms with van der Waals surface area (Å²) in [5, 5.41) is 2.00. The molecule has 18 heavy (non-hydrogen) atoms. The van der Waals surface area contributed by atoms with Gasteiger partial charge in [-0.2, -0.15) is 0 Å². The lowest BCUT2D eigenvalue weighted by Crippen LogP contribution is -2.41. The number of carbonyl (C=O) groups excluding carboxylic acids is 1. The molecular formula is C13H16ClF2NO. The van der Waals surface area contributed by atoms with Crippen LogP contribution >= 0.6 is 11.6 Å². The molecule has 0 heterocycles. The predicted octanol–water partition coefficient (Wildman–Crippen LogP) is 3.78. The fourth-order valence-electron chi connectivity index (χ4n) is 1.19. The Hall–Kier alpha value is -1.16. The Bertz CT molecular complexity index is 469. The summed E-state index contributed by atoms with van der Waals surface area (Å²) in [6, 6.07) is 1.90. The van der Waals surface area contributed by atoms with Gasteiger partial charge in [-0.05, 0) is 24.5 Å². The average molecular weight is 276 g/mol. The zero-order valence-corrected chi connectivity index (χ0v) is 11.5. The lowest BCUT2D eigenvalue weighted by molar-refractivity contribution is 0.0906. The summed E-state index contributed by atoms with van der Waals surface area (Å²) in [5.74, 6) is -2.51. The minimum absolute atomic E-state index is 0.157. The zero-order valence-electron chi connectivity index (χ0n) is 10.8. The molecule has 5 heteroatoms. The molecule has 0 radical (unpaired) electrons. The molecule has 0 aromatic heterocycles. The van der Waals surface area contributed by atoms with Crippen LogP contribution in [0.2, 0.25) is 5.02 Å². The maximum Gasteiger partial charge on any atom is 0.254 e. The highest BCUT2D eigenvalue weighted by atomic mass is 35.5. The van der Waals surface area contributed by atoms with E-state index in [9.17, 15) is 13.6 Å². The SMILES string of the molecule is C[C@H](NC(=O)c1ccc(F)c(Cl)c1F)C(C)(C)C. The summed E-state index contributed by atoms with van der Waals surface area (Å²) in [7, 11) is 0. The lowest BCUT2D eigenvalue weighted by atomic mass is 9.88. The third-order valence-electron chi connectivity index (χ3n) is 2.93. The van der Waals surface area contributed by atoms with E-state index in [1.807, 2.05) is 27.7 Å². The minimum Gasteiger partial charge on any atom is -0.349 e. The second-order valence-corrected chi connectivity index (χ2v) is 5.66. The van der Waals surface area contributed by atoms with E-state index < -0.39 is 22.6 Å². The first-order chi connectivity index (χ1) is 8.14. The topological polar surface area (TPSA) is 29.1 Å². The Morgan fingerprint density at radius 1 is 1.33 bits per heavy atom. The first kappa shape index (κ1) is 14.9. The Kier molecular flexibility index (Phi) is 4.32. The number of nitrogens with one attached hydrogen (secondary N) is 1. The molecule has 0 unspecified atom stereocenters. The van der Waals surface area contributed by atoms with Crippen molar-refractivity contribution in [1.29, 1.82) is 0 Å². The lowest BCUT2D eigenvalue weighted by Gasteiger charge is -2.28. The van der Waals surface area contributed by atoms with Crippen molar-refractivity contribution in [2.75, 3.05) is 0 Å². The van der Waals surface area contributed by atoms with Crippen molar-refractivity contribution in [2.24, 2.45) is 5.41 Å². The van der Waals surface area contributed by atoms with Gasteiger partial charge in [-0.25, -0.2) is 8.78 Å². The van der Waals surface area contributed by atoms with Crippen LogP contribution in [0.3, 0.4) is 0 Å². The van der Waals surface area contributed by atoms with Crippen LogP contribution in [0.15, 0.2) is 12.1 Å². The van der Waals surface area contributed by atoms with E-state index in [4.69, 9.17) is 11.6 Å². The van der Waals surface area contributed by atoms with Crippen molar-refractivity contribution in [2.45, 2.75) is 33.7 Å². The Balaban J connectivity index is 2.96. The highest BCUT2D eigenvalue weighted by molar-refractivity contribution is 6.31. The van der Waals surface area contributed by atoms with Crippen molar-refractivity contribution in [3.05, 3.63) is 34.4 Å². The molecule has 1 N–H and O–H groups in total. The van der Waals surface area contributed by atoms with E-state index >= 15 is 0 Å². The van der Waals surface area contributed by atoms with Crippen molar-refractivity contribution >= 4 is 17.5 Å². The molecule has 100 valence electrons. The van der Waals surface area contributed by atoms with Gasteiger partial charge in [0.1, 0.15) is 10.8 Å². The van der Waals surface area contributed by atoms with Gasteiger partial charge in [-0.3, -0.25) is 4.79 Å². The predicted molar refractivity (Wildman–Crippen MR) is 67.8 cm³/mol. The molecule has 0 aliphatic carbocycles. The molecule has 1 atom stereocenters. The van der Waals surface area contributed by atoms with Gasteiger partial charge in [0.2, 0.25) is 0 Å². The molecular weight excluding hydrogens is 260 g/mol. The summed E-state index contributed by atoms with van der Waals surface area (Å²) < 4.78 is 26.6. The number of hydrogen-bond acceptors (Lipinski definition) is 1. The van der Waals surface area contributed by atoms with Crippen molar-refractivity contribution in [1.82, 2.24) is 5.32 Å². The fourth-order valence-corrected chi connectivity index (χ4v) is 1.36. The van der Waals surface area contributed by atoms with E-state index in [2.05, 4.69) is 5.32 Å². The van der Waals surface area contributed by atoms with E-state index in [-0.39, 0.29) is 17.0 Å². The van der Waals surface area contributed by atoms with Crippen molar-refractivity contribution < 1.29 is 13.6 Å². The smallest absolute Gasteiger partial charge is 0.254 e. The number of benzene rings is 1. The minimum atomic E-state index is -1.03. The van der Waals surface area contributed by atoms with E-state index in [1.54, 1.807) is 0 Å². The van der Waals surface area contributed by atoms with Crippen molar-refractivity contribution in [3.63, 3.8) is 0 Å². The molecule has 0 aliphatic rings. The molecule has 0 aliphatic heterocycles.